The van der Waals surface area contributed by atoms with Gasteiger partial charge in [-0.2, -0.15) is 0 Å². The van der Waals surface area contributed by atoms with Crippen LogP contribution < -0.4 is 10.6 Å². The van der Waals surface area contributed by atoms with Gasteiger partial charge in [-0.1, -0.05) is 67.1 Å². The first-order chi connectivity index (χ1) is 18.4. The van der Waals surface area contributed by atoms with Gasteiger partial charge in [-0.25, -0.2) is 4.79 Å². The molecule has 0 spiro atoms. The van der Waals surface area contributed by atoms with Gasteiger partial charge in [-0.15, -0.1) is 0 Å². The first-order valence-corrected chi connectivity index (χ1v) is 13.1. The lowest BCUT2D eigenvalue weighted by Crippen LogP contribution is -2.51. The van der Waals surface area contributed by atoms with E-state index in [0.717, 1.165) is 11.1 Å². The van der Waals surface area contributed by atoms with Crippen LogP contribution in [0.2, 0.25) is 0 Å². The minimum absolute atomic E-state index is 0.0708. The molecule has 4 N–H and O–H groups in total. The second kappa shape index (κ2) is 15.3. The Hall–Kier alpha value is -3.21. The van der Waals surface area contributed by atoms with Crippen molar-refractivity contribution in [2.24, 2.45) is 11.8 Å². The highest BCUT2D eigenvalue weighted by Gasteiger charge is 2.42. The van der Waals surface area contributed by atoms with Crippen molar-refractivity contribution in [2.75, 3.05) is 13.7 Å². The number of methoxy groups -OCH3 is 1. The highest BCUT2D eigenvalue weighted by Crippen LogP contribution is 2.34. The summed E-state index contributed by atoms with van der Waals surface area (Å²) in [5.41, 5.74) is 1.70. The molecule has 2 amide bonds. The Morgan fingerprint density at radius 1 is 0.947 bits per heavy atom. The summed E-state index contributed by atoms with van der Waals surface area (Å²) in [6.45, 7) is 0.498. The molecule has 0 saturated heterocycles. The zero-order valence-electron chi connectivity index (χ0n) is 21.8. The topological polar surface area (TPSA) is 134 Å². The van der Waals surface area contributed by atoms with Crippen LogP contribution in [-0.4, -0.2) is 60.6 Å². The van der Waals surface area contributed by atoms with Gasteiger partial charge in [0, 0.05) is 25.6 Å². The number of Topliss-reactive ketones (excluding diaryl/α,β-unsaturated/α-hetero) is 1. The summed E-state index contributed by atoms with van der Waals surface area (Å²) in [7, 11) is -0.173. The average Bonchev–Trinajstić information content (AvgIpc) is 3.42. The van der Waals surface area contributed by atoms with Crippen LogP contribution in [0.3, 0.4) is 0 Å². The number of nitrogens with one attached hydrogen (secondary N) is 2. The molecule has 10 heteroatoms. The van der Waals surface area contributed by atoms with Crippen molar-refractivity contribution in [3.63, 3.8) is 0 Å². The van der Waals surface area contributed by atoms with Crippen LogP contribution in [0, 0.1) is 11.8 Å². The van der Waals surface area contributed by atoms with Crippen molar-refractivity contribution >= 4 is 24.9 Å². The van der Waals surface area contributed by atoms with E-state index in [1.54, 1.807) is 7.11 Å². The maximum Gasteiger partial charge on any atom is 0.475 e. The standard InChI is InChI=1S/C28H37BN2O7/c1-37-17-9-16-25(29(35)36)31-27(33)23-15-8-14-22(23)26(32)24(18-20-10-4-2-5-11-20)30-28(34)38-19-21-12-6-3-7-13-21/h2-7,10-13,22-25,35-36H,8-9,14-19H2,1H3,(H,30,34)(H,31,33)/t22?,23-,24-,25+/m1/s1. The Kier molecular flexibility index (Phi) is 11.8. The van der Waals surface area contributed by atoms with Gasteiger partial charge in [0.2, 0.25) is 5.91 Å². The zero-order chi connectivity index (χ0) is 27.3. The predicted molar refractivity (Wildman–Crippen MR) is 143 cm³/mol. The number of ketones is 1. The van der Waals surface area contributed by atoms with E-state index in [0.29, 0.717) is 38.7 Å². The molecule has 3 rings (SSSR count). The molecule has 4 atom stereocenters. The smallest absolute Gasteiger partial charge is 0.445 e. The number of carbonyl (C=O) groups excluding carboxylic acids is 3. The molecule has 0 bridgehead atoms. The van der Waals surface area contributed by atoms with Gasteiger partial charge in [-0.05, 0) is 43.2 Å². The summed E-state index contributed by atoms with van der Waals surface area (Å²) in [5.74, 6) is -2.70. The highest BCUT2D eigenvalue weighted by molar-refractivity contribution is 6.43. The fourth-order valence-electron chi connectivity index (χ4n) is 4.89. The van der Waals surface area contributed by atoms with Crippen LogP contribution in [0.1, 0.15) is 43.2 Å². The van der Waals surface area contributed by atoms with E-state index in [-0.39, 0.29) is 24.7 Å². The van der Waals surface area contributed by atoms with Gasteiger partial charge in [0.15, 0.2) is 5.78 Å². The normalized spacial score (nSPS) is 18.3. The van der Waals surface area contributed by atoms with Crippen molar-refractivity contribution in [1.82, 2.24) is 10.6 Å². The van der Waals surface area contributed by atoms with Crippen LogP contribution in [0.25, 0.3) is 0 Å². The molecule has 0 radical (unpaired) electrons. The molecule has 0 heterocycles. The lowest BCUT2D eigenvalue weighted by atomic mass is 9.76. The Morgan fingerprint density at radius 3 is 2.21 bits per heavy atom. The number of amides is 2. The fraction of sp³-hybridized carbons (Fsp3) is 0.464. The molecular weight excluding hydrogens is 487 g/mol. The van der Waals surface area contributed by atoms with Crippen LogP contribution in [0.15, 0.2) is 60.7 Å². The summed E-state index contributed by atoms with van der Waals surface area (Å²) in [6, 6.07) is 17.7. The number of carbonyl (C=O) groups is 3. The Labute approximate surface area is 224 Å². The predicted octanol–water partition coefficient (Wildman–Crippen LogP) is 2.43. The largest absolute Gasteiger partial charge is 0.475 e. The molecule has 1 fully saturated rings. The van der Waals surface area contributed by atoms with E-state index in [4.69, 9.17) is 9.47 Å². The number of rotatable bonds is 14. The first kappa shape index (κ1) is 29.4. The fourth-order valence-corrected chi connectivity index (χ4v) is 4.89. The van der Waals surface area contributed by atoms with Gasteiger partial charge >= 0.3 is 13.2 Å². The van der Waals surface area contributed by atoms with Crippen molar-refractivity contribution in [3.8, 4) is 0 Å². The van der Waals surface area contributed by atoms with Gasteiger partial charge in [0.25, 0.3) is 0 Å². The molecule has 2 aromatic carbocycles. The molecule has 0 aromatic heterocycles. The third kappa shape index (κ3) is 8.97. The first-order valence-electron chi connectivity index (χ1n) is 13.1. The van der Waals surface area contributed by atoms with E-state index in [1.165, 1.54) is 0 Å². The van der Waals surface area contributed by atoms with E-state index < -0.39 is 37.0 Å². The quantitative estimate of drug-likeness (QED) is 0.220. The Balaban J connectivity index is 1.69. The highest BCUT2D eigenvalue weighted by atomic mass is 16.5. The lowest BCUT2D eigenvalue weighted by Gasteiger charge is -2.26. The van der Waals surface area contributed by atoms with Gasteiger partial charge in [0.1, 0.15) is 6.61 Å². The van der Waals surface area contributed by atoms with Crippen LogP contribution in [0.4, 0.5) is 4.79 Å². The van der Waals surface area contributed by atoms with Crippen LogP contribution in [-0.2, 0) is 32.1 Å². The molecule has 1 aliphatic rings. The lowest BCUT2D eigenvalue weighted by molar-refractivity contribution is -0.133. The van der Waals surface area contributed by atoms with Crippen LogP contribution in [0.5, 0.6) is 0 Å². The van der Waals surface area contributed by atoms with Crippen molar-refractivity contribution in [2.45, 2.75) is 57.1 Å². The molecule has 2 aromatic rings. The summed E-state index contributed by atoms with van der Waals surface area (Å²) < 4.78 is 10.4. The minimum atomic E-state index is -1.72. The molecule has 9 nitrogen and oxygen atoms in total. The monoisotopic (exact) mass is 524 g/mol. The SMILES string of the molecule is COCCC[C@H](NC(=O)[C@@H]1CCCC1C(=O)[C@@H](Cc1ccccc1)NC(=O)OCc1ccccc1)B(O)O. The summed E-state index contributed by atoms with van der Waals surface area (Å²) in [4.78, 5) is 39.5. The summed E-state index contributed by atoms with van der Waals surface area (Å²) in [5, 5.41) is 24.9. The minimum Gasteiger partial charge on any atom is -0.445 e. The molecule has 204 valence electrons. The van der Waals surface area contributed by atoms with E-state index in [9.17, 15) is 24.4 Å². The second-order valence-corrected chi connectivity index (χ2v) is 9.66. The van der Waals surface area contributed by atoms with E-state index in [2.05, 4.69) is 10.6 Å². The van der Waals surface area contributed by atoms with Crippen molar-refractivity contribution in [3.05, 3.63) is 71.8 Å². The number of benzene rings is 2. The number of hydrogen-bond donors (Lipinski definition) is 4. The summed E-state index contributed by atoms with van der Waals surface area (Å²) in [6.07, 6.45) is 2.13. The molecule has 38 heavy (non-hydrogen) atoms. The van der Waals surface area contributed by atoms with E-state index in [1.807, 2.05) is 60.7 Å². The summed E-state index contributed by atoms with van der Waals surface area (Å²) >= 11 is 0. The van der Waals surface area contributed by atoms with Gasteiger partial charge in [-0.3, -0.25) is 9.59 Å². The number of hydrogen-bond acceptors (Lipinski definition) is 7. The Bertz CT molecular complexity index is 1020. The number of alkyl carbamates (subject to hydrolysis) is 1. The average molecular weight is 524 g/mol. The third-order valence-electron chi connectivity index (χ3n) is 6.90. The van der Waals surface area contributed by atoms with Crippen molar-refractivity contribution < 1.29 is 33.9 Å². The number of ether oxygens (including phenoxy) is 2. The second-order valence-electron chi connectivity index (χ2n) is 9.66. The maximum absolute atomic E-state index is 13.7. The third-order valence-corrected chi connectivity index (χ3v) is 6.90. The maximum atomic E-state index is 13.7. The van der Waals surface area contributed by atoms with Gasteiger partial charge in [0.05, 0.1) is 12.0 Å². The van der Waals surface area contributed by atoms with Crippen molar-refractivity contribution in [1.29, 1.82) is 0 Å². The molecule has 0 aliphatic heterocycles. The Morgan fingerprint density at radius 2 is 1.58 bits per heavy atom. The van der Waals surface area contributed by atoms with E-state index >= 15 is 0 Å². The zero-order valence-corrected chi connectivity index (χ0v) is 21.8. The van der Waals surface area contributed by atoms with Gasteiger partial charge < -0.3 is 30.2 Å². The van der Waals surface area contributed by atoms with Crippen LogP contribution >= 0.6 is 0 Å². The molecule has 1 unspecified atom stereocenters. The molecule has 1 aliphatic carbocycles. The molecular formula is C28H37BN2O7. The molecule has 1 saturated carbocycles.